The molecule has 2 heterocycles. The second-order valence-electron chi connectivity index (χ2n) is 7.04. The third-order valence-electron chi connectivity index (χ3n) is 4.91. The molecule has 36 heavy (non-hydrogen) atoms. The first-order chi connectivity index (χ1) is 15.9. The van der Waals surface area contributed by atoms with E-state index in [1.54, 1.807) is 42.5 Å². The minimum atomic E-state index is -5.24. The molecule has 1 N–H and O–H groups in total. The minimum absolute atomic E-state index is 0. The topological polar surface area (TPSA) is 149 Å². The second kappa shape index (κ2) is 11.8. The first-order valence-corrected chi connectivity index (χ1v) is 13.8. The van der Waals surface area contributed by atoms with Crippen LogP contribution in [0, 0.1) is 0 Å². The molecular weight excluding hydrogens is 672 g/mol. The third-order valence-corrected chi connectivity index (χ3v) is 7.68. The van der Waals surface area contributed by atoms with Gasteiger partial charge in [-0.05, 0) is 35.7 Å². The van der Waals surface area contributed by atoms with Crippen molar-refractivity contribution in [3.8, 4) is 22.1 Å². The first-order valence-electron chi connectivity index (χ1n) is 9.17. The molecule has 0 atom stereocenters. The van der Waals surface area contributed by atoms with Crippen LogP contribution in [0.15, 0.2) is 53.0 Å². The molecule has 0 saturated heterocycles. The van der Waals surface area contributed by atoms with Gasteiger partial charge in [0.15, 0.2) is 11.5 Å². The zero-order chi connectivity index (χ0) is 24.4. The number of hydrogen-bond donors (Lipinski definition) is 1. The molecule has 0 saturated carbocycles. The Balaban J connectivity index is 0.00000180. The fourth-order valence-electron chi connectivity index (χ4n) is 3.70. The van der Waals surface area contributed by atoms with Crippen molar-refractivity contribution in [2.75, 3.05) is 0 Å². The Bertz CT molecular complexity index is 1860. The van der Waals surface area contributed by atoms with E-state index in [9.17, 15) is 25.9 Å². The number of H-pyrrole nitrogens is 1. The van der Waals surface area contributed by atoms with E-state index in [4.69, 9.17) is 20.0 Å². The molecule has 5 aromatic rings. The maximum atomic E-state index is 11.6. The van der Waals surface area contributed by atoms with E-state index in [1.165, 1.54) is 6.07 Å². The molecule has 0 bridgehead atoms. The normalized spacial score (nSPS) is 11.9. The Morgan fingerprint density at radius 2 is 1.56 bits per heavy atom. The van der Waals surface area contributed by atoms with Crippen molar-refractivity contribution < 1.29 is 137 Å². The van der Waals surface area contributed by atoms with Gasteiger partial charge in [0.2, 0.25) is 0 Å². The van der Waals surface area contributed by atoms with Crippen molar-refractivity contribution in [1.82, 2.24) is 4.98 Å². The molecule has 0 unspecified atom stereocenters. The van der Waals surface area contributed by atoms with Crippen molar-refractivity contribution in [3.05, 3.63) is 58.0 Å². The summed E-state index contributed by atoms with van der Waals surface area (Å²) in [6.07, 6.45) is 0. The number of aromatic nitrogens is 1. The van der Waals surface area contributed by atoms with E-state index >= 15 is 0 Å². The smallest absolute Gasteiger partial charge is 0.716 e. The molecule has 0 aliphatic carbocycles. The Morgan fingerprint density at radius 1 is 0.889 bits per heavy atom. The van der Waals surface area contributed by atoms with Crippen molar-refractivity contribution in [2.24, 2.45) is 0 Å². The zero-order valence-electron chi connectivity index (χ0n) is 18.4. The quantitative estimate of drug-likeness (QED) is 0.146. The van der Waals surface area contributed by atoms with E-state index in [1.807, 2.05) is 0 Å². The minimum Gasteiger partial charge on any atom is -0.716 e. The van der Waals surface area contributed by atoms with Crippen LogP contribution in [-0.4, -0.2) is 30.9 Å². The Kier molecular flexibility index (Phi) is 10.3. The number of aromatic amines is 1. The molecule has 0 aliphatic rings. The monoisotopic (exact) mass is 679 g/mol. The van der Waals surface area contributed by atoms with Gasteiger partial charge in [0.05, 0.1) is 4.88 Å². The second-order valence-corrected chi connectivity index (χ2v) is 11.4. The summed E-state index contributed by atoms with van der Waals surface area (Å²) in [6, 6.07) is 13.2. The van der Waals surface area contributed by atoms with Crippen LogP contribution in [0.2, 0.25) is 5.02 Å². The fourth-order valence-corrected chi connectivity index (χ4v) is 6.49. The standard InChI is InChI=1S/C20H11BrClNO8S3.2K/c21-10-5-7-14-12(8-10)17(30-33(24,25)26)16(23-14)20-18(31-34(27,28)29)11-6-4-9-2-1-3-13(22)15(9)19(11)32-20;;/h1-8,23H,(H,24,25,26)(H,27,28,29);;/q;2*+1/p-2. The summed E-state index contributed by atoms with van der Waals surface area (Å²) < 4.78 is 79.9. The van der Waals surface area contributed by atoms with E-state index in [0.717, 1.165) is 16.7 Å². The SMILES string of the molecule is O=S(=O)([O-])Oc1c(-c2sc3c(ccc4cccc(Cl)c43)c2OS(=O)(=O)[O-])[nH]c2ccc(Br)cc12.[K+].[K+]. The average Bonchev–Trinajstić information content (AvgIpc) is 3.24. The summed E-state index contributed by atoms with van der Waals surface area (Å²) in [7, 11) is -10.5. The first kappa shape index (κ1) is 31.4. The number of hydrogen-bond acceptors (Lipinski definition) is 9. The van der Waals surface area contributed by atoms with Crippen LogP contribution >= 0.6 is 38.9 Å². The summed E-state index contributed by atoms with van der Waals surface area (Å²) in [5.41, 5.74) is 0.320. The summed E-state index contributed by atoms with van der Waals surface area (Å²) in [6.45, 7) is 0. The Labute approximate surface area is 307 Å². The number of fused-ring (bicyclic) bond motifs is 4. The molecule has 0 aliphatic heterocycles. The molecule has 0 radical (unpaired) electrons. The maximum Gasteiger partial charge on any atom is 1.00 e. The fraction of sp³-hybridized carbons (Fsp3) is 0. The van der Waals surface area contributed by atoms with Gasteiger partial charge in [0.25, 0.3) is 20.8 Å². The van der Waals surface area contributed by atoms with Crippen LogP contribution in [0.3, 0.4) is 0 Å². The molecule has 176 valence electrons. The van der Waals surface area contributed by atoms with Gasteiger partial charge in [-0.25, -0.2) is 16.8 Å². The van der Waals surface area contributed by atoms with Gasteiger partial charge in [0, 0.05) is 35.9 Å². The number of nitrogens with one attached hydrogen (secondary N) is 1. The zero-order valence-corrected chi connectivity index (χ0v) is 29.4. The predicted octanol–water partition coefficient (Wildman–Crippen LogP) is -0.695. The Morgan fingerprint density at radius 3 is 2.22 bits per heavy atom. The molecule has 16 heteroatoms. The summed E-state index contributed by atoms with van der Waals surface area (Å²) in [5, 5.41) is 2.15. The summed E-state index contributed by atoms with van der Waals surface area (Å²) >= 11 is 10.7. The molecule has 0 amide bonds. The molecular formula is C20H9BrClK2NO8S3. The number of rotatable bonds is 5. The molecule has 3 aromatic carbocycles. The van der Waals surface area contributed by atoms with Crippen LogP contribution < -0.4 is 111 Å². The Hall–Kier alpha value is 0.883. The molecule has 2 aromatic heterocycles. The van der Waals surface area contributed by atoms with Gasteiger partial charge in [-0.1, -0.05) is 45.7 Å². The predicted molar refractivity (Wildman–Crippen MR) is 130 cm³/mol. The molecule has 9 nitrogen and oxygen atoms in total. The number of benzene rings is 3. The van der Waals surface area contributed by atoms with Crippen molar-refractivity contribution in [3.63, 3.8) is 0 Å². The van der Waals surface area contributed by atoms with Gasteiger partial charge < -0.3 is 22.5 Å². The van der Waals surface area contributed by atoms with Crippen molar-refractivity contribution in [1.29, 1.82) is 0 Å². The largest absolute Gasteiger partial charge is 1.00 e. The summed E-state index contributed by atoms with van der Waals surface area (Å²) in [5.74, 6) is -0.725. The van der Waals surface area contributed by atoms with Gasteiger partial charge in [-0.3, -0.25) is 0 Å². The van der Waals surface area contributed by atoms with E-state index in [-0.39, 0.29) is 136 Å². The van der Waals surface area contributed by atoms with Gasteiger partial charge in [0.1, 0.15) is 5.69 Å². The van der Waals surface area contributed by atoms with Crippen molar-refractivity contribution >= 4 is 91.4 Å². The van der Waals surface area contributed by atoms with Gasteiger partial charge >= 0.3 is 103 Å². The maximum absolute atomic E-state index is 11.6. The van der Waals surface area contributed by atoms with Crippen LogP contribution in [0.25, 0.3) is 42.3 Å². The molecule has 5 rings (SSSR count). The van der Waals surface area contributed by atoms with Crippen LogP contribution in [0.5, 0.6) is 11.5 Å². The average molecular weight is 681 g/mol. The van der Waals surface area contributed by atoms with E-state index in [2.05, 4.69) is 20.9 Å². The van der Waals surface area contributed by atoms with Gasteiger partial charge in [-0.2, -0.15) is 0 Å². The molecule has 0 spiro atoms. The van der Waals surface area contributed by atoms with E-state index in [0.29, 0.717) is 25.1 Å². The van der Waals surface area contributed by atoms with Crippen LogP contribution in [0.4, 0.5) is 0 Å². The van der Waals surface area contributed by atoms with Crippen molar-refractivity contribution in [2.45, 2.75) is 0 Å². The third kappa shape index (κ3) is 6.44. The van der Waals surface area contributed by atoms with E-state index < -0.39 is 20.8 Å². The number of halogens is 2. The molecule has 0 fully saturated rings. The van der Waals surface area contributed by atoms with Crippen LogP contribution in [0.1, 0.15) is 0 Å². The van der Waals surface area contributed by atoms with Gasteiger partial charge in [-0.15, -0.1) is 11.3 Å². The number of thiophene rings is 1. The van der Waals surface area contributed by atoms with Crippen LogP contribution in [-0.2, 0) is 20.8 Å². The summed E-state index contributed by atoms with van der Waals surface area (Å²) in [4.78, 5) is 2.95.